The van der Waals surface area contributed by atoms with Crippen LogP contribution in [0.1, 0.15) is 57.2 Å². The van der Waals surface area contributed by atoms with Gasteiger partial charge in [0, 0.05) is 10.4 Å². The second kappa shape index (κ2) is 8.47. The molecule has 1 amide bonds. The van der Waals surface area contributed by atoms with E-state index in [4.69, 9.17) is 9.40 Å². The lowest BCUT2D eigenvalue weighted by Crippen LogP contribution is -2.44. The highest BCUT2D eigenvalue weighted by Crippen LogP contribution is 2.37. The fourth-order valence-electron chi connectivity index (χ4n) is 3.88. The van der Waals surface area contributed by atoms with Crippen molar-refractivity contribution < 1.29 is 9.21 Å². The number of rotatable bonds is 5. The molecule has 1 aliphatic rings. The molecule has 3 aromatic rings. The SMILES string of the molecule is CC1CCc2c(sc3nc(SC(C)C(=O)NC(C)(C)C)n(Cc4ccco4)c(=O)c23)C1. The Labute approximate surface area is 190 Å². The molecule has 6 nitrogen and oxygen atoms in total. The van der Waals surface area contributed by atoms with Gasteiger partial charge < -0.3 is 9.73 Å². The number of fused-ring (bicyclic) bond motifs is 3. The number of hydrogen-bond acceptors (Lipinski definition) is 6. The molecule has 31 heavy (non-hydrogen) atoms. The Balaban J connectivity index is 1.77. The van der Waals surface area contributed by atoms with Gasteiger partial charge >= 0.3 is 0 Å². The Morgan fingerprint density at radius 3 is 2.90 bits per heavy atom. The van der Waals surface area contributed by atoms with Gasteiger partial charge in [-0.15, -0.1) is 11.3 Å². The highest BCUT2D eigenvalue weighted by Gasteiger charge is 2.27. The molecule has 166 valence electrons. The van der Waals surface area contributed by atoms with E-state index in [1.807, 2.05) is 39.8 Å². The van der Waals surface area contributed by atoms with Crippen molar-refractivity contribution >= 4 is 39.2 Å². The summed E-state index contributed by atoms with van der Waals surface area (Å²) in [6, 6.07) is 3.66. The average molecular weight is 460 g/mol. The third kappa shape index (κ3) is 4.75. The van der Waals surface area contributed by atoms with Crippen LogP contribution in [0.2, 0.25) is 0 Å². The second-order valence-corrected chi connectivity index (χ2v) is 11.8. The van der Waals surface area contributed by atoms with Crippen molar-refractivity contribution in [3.8, 4) is 0 Å². The fraction of sp³-hybridized carbons (Fsp3) is 0.522. The first-order valence-electron chi connectivity index (χ1n) is 10.7. The summed E-state index contributed by atoms with van der Waals surface area (Å²) < 4.78 is 7.18. The number of furan rings is 1. The molecule has 4 rings (SSSR count). The molecule has 3 aromatic heterocycles. The van der Waals surface area contributed by atoms with Gasteiger partial charge in [-0.25, -0.2) is 4.98 Å². The van der Waals surface area contributed by atoms with Gasteiger partial charge in [-0.2, -0.15) is 0 Å². The zero-order valence-corrected chi connectivity index (χ0v) is 20.3. The zero-order chi connectivity index (χ0) is 22.3. The first-order chi connectivity index (χ1) is 14.6. The molecular weight excluding hydrogens is 430 g/mol. The van der Waals surface area contributed by atoms with Crippen molar-refractivity contribution in [3.05, 3.63) is 45.0 Å². The van der Waals surface area contributed by atoms with Crippen LogP contribution in [0.25, 0.3) is 10.2 Å². The maximum atomic E-state index is 13.6. The minimum Gasteiger partial charge on any atom is -0.467 e. The van der Waals surface area contributed by atoms with Gasteiger partial charge in [-0.3, -0.25) is 14.2 Å². The van der Waals surface area contributed by atoms with Crippen LogP contribution in [0.4, 0.5) is 0 Å². The fourth-order valence-corrected chi connectivity index (χ4v) is 6.21. The number of nitrogens with one attached hydrogen (secondary N) is 1. The molecule has 2 unspecified atom stereocenters. The highest BCUT2D eigenvalue weighted by molar-refractivity contribution is 8.00. The van der Waals surface area contributed by atoms with Crippen LogP contribution >= 0.6 is 23.1 Å². The average Bonchev–Trinajstić information content (AvgIpc) is 3.30. The molecule has 2 atom stereocenters. The Bertz CT molecular complexity index is 1160. The second-order valence-electron chi connectivity index (χ2n) is 9.40. The Morgan fingerprint density at radius 2 is 2.23 bits per heavy atom. The van der Waals surface area contributed by atoms with E-state index in [0.717, 1.165) is 29.5 Å². The summed E-state index contributed by atoms with van der Waals surface area (Å²) in [7, 11) is 0. The van der Waals surface area contributed by atoms with E-state index >= 15 is 0 Å². The Morgan fingerprint density at radius 1 is 1.45 bits per heavy atom. The summed E-state index contributed by atoms with van der Waals surface area (Å²) in [6.45, 7) is 10.3. The molecule has 0 bridgehead atoms. The molecule has 3 heterocycles. The van der Waals surface area contributed by atoms with Crippen molar-refractivity contribution in [1.82, 2.24) is 14.9 Å². The summed E-state index contributed by atoms with van der Waals surface area (Å²) in [5.41, 5.74) is 0.805. The number of aromatic nitrogens is 2. The molecule has 0 aliphatic heterocycles. The standard InChI is InChI=1S/C23H29N3O3S2/c1-13-8-9-16-17(11-13)31-20-18(16)21(28)26(12-15-7-6-10-29-15)22(24-20)30-14(2)19(27)25-23(3,4)5/h6-7,10,13-14H,8-9,11-12H2,1-5H3,(H,25,27). The van der Waals surface area contributed by atoms with Crippen LogP contribution in [-0.2, 0) is 24.2 Å². The van der Waals surface area contributed by atoms with Crippen molar-refractivity contribution in [2.24, 2.45) is 5.92 Å². The maximum absolute atomic E-state index is 13.6. The van der Waals surface area contributed by atoms with Crippen molar-refractivity contribution in [3.63, 3.8) is 0 Å². The van der Waals surface area contributed by atoms with Crippen molar-refractivity contribution in [2.45, 2.75) is 76.4 Å². The van der Waals surface area contributed by atoms with Gasteiger partial charge in [0.2, 0.25) is 5.91 Å². The van der Waals surface area contributed by atoms with Crippen molar-refractivity contribution in [2.75, 3.05) is 0 Å². The van der Waals surface area contributed by atoms with Crippen LogP contribution < -0.4 is 10.9 Å². The first-order valence-corrected chi connectivity index (χ1v) is 12.4. The topological polar surface area (TPSA) is 77.1 Å². The summed E-state index contributed by atoms with van der Waals surface area (Å²) in [6.07, 6.45) is 4.62. The van der Waals surface area contributed by atoms with Gasteiger partial charge in [0.1, 0.15) is 10.6 Å². The maximum Gasteiger partial charge on any atom is 0.263 e. The summed E-state index contributed by atoms with van der Waals surface area (Å²) >= 11 is 2.95. The molecule has 0 radical (unpaired) electrons. The number of nitrogens with zero attached hydrogens (tertiary/aromatic N) is 2. The normalized spacial score (nSPS) is 17.5. The Hall–Kier alpha value is -2.06. The van der Waals surface area contributed by atoms with E-state index in [2.05, 4.69) is 12.2 Å². The molecule has 0 spiro atoms. The third-order valence-electron chi connectivity index (χ3n) is 5.42. The Kier molecular flexibility index (Phi) is 6.05. The number of carbonyl (C=O) groups is 1. The van der Waals surface area contributed by atoms with Crippen LogP contribution in [0.3, 0.4) is 0 Å². The number of thiophene rings is 1. The lowest BCUT2D eigenvalue weighted by atomic mass is 9.89. The lowest BCUT2D eigenvalue weighted by molar-refractivity contribution is -0.121. The summed E-state index contributed by atoms with van der Waals surface area (Å²) in [4.78, 5) is 33.3. The number of aryl methyl sites for hydroxylation is 1. The minimum atomic E-state index is -0.388. The van der Waals surface area contributed by atoms with E-state index < -0.39 is 0 Å². The molecular formula is C23H29N3O3S2. The highest BCUT2D eigenvalue weighted by atomic mass is 32.2. The lowest BCUT2D eigenvalue weighted by Gasteiger charge is -2.23. The van der Waals surface area contributed by atoms with E-state index in [1.165, 1.54) is 22.2 Å². The van der Waals surface area contributed by atoms with Crippen LogP contribution in [0, 0.1) is 5.92 Å². The predicted molar refractivity (Wildman–Crippen MR) is 126 cm³/mol. The van der Waals surface area contributed by atoms with Crippen molar-refractivity contribution in [1.29, 1.82) is 0 Å². The molecule has 1 aliphatic carbocycles. The van der Waals surface area contributed by atoms with Gasteiger partial charge in [-0.1, -0.05) is 18.7 Å². The molecule has 0 saturated heterocycles. The minimum absolute atomic E-state index is 0.0422. The first kappa shape index (κ1) is 22.1. The summed E-state index contributed by atoms with van der Waals surface area (Å²) in [5, 5.41) is 3.92. The van der Waals surface area contributed by atoms with E-state index in [9.17, 15) is 9.59 Å². The quantitative estimate of drug-likeness (QED) is 0.445. The number of thioether (sulfide) groups is 1. The van der Waals surface area contributed by atoms with Crippen LogP contribution in [0.5, 0.6) is 0 Å². The number of carbonyl (C=O) groups excluding carboxylic acids is 1. The van der Waals surface area contributed by atoms with E-state index in [1.54, 1.807) is 22.2 Å². The molecule has 1 N–H and O–H groups in total. The van der Waals surface area contributed by atoms with E-state index in [0.29, 0.717) is 23.4 Å². The third-order valence-corrected chi connectivity index (χ3v) is 7.66. The van der Waals surface area contributed by atoms with Gasteiger partial charge in [0.25, 0.3) is 5.56 Å². The van der Waals surface area contributed by atoms with Crippen LogP contribution in [0.15, 0.2) is 32.8 Å². The van der Waals surface area contributed by atoms with Gasteiger partial charge in [-0.05, 0) is 70.6 Å². The summed E-state index contributed by atoms with van der Waals surface area (Å²) in [5.74, 6) is 1.24. The predicted octanol–water partition coefficient (Wildman–Crippen LogP) is 4.62. The van der Waals surface area contributed by atoms with E-state index in [-0.39, 0.29) is 22.3 Å². The smallest absolute Gasteiger partial charge is 0.263 e. The van der Waals surface area contributed by atoms with Gasteiger partial charge in [0.15, 0.2) is 5.16 Å². The number of amides is 1. The largest absolute Gasteiger partial charge is 0.467 e. The zero-order valence-electron chi connectivity index (χ0n) is 18.7. The molecule has 0 saturated carbocycles. The molecule has 8 heteroatoms. The monoisotopic (exact) mass is 459 g/mol. The van der Waals surface area contributed by atoms with Crippen LogP contribution in [-0.4, -0.2) is 26.2 Å². The molecule has 0 fully saturated rings. The van der Waals surface area contributed by atoms with Gasteiger partial charge in [0.05, 0.1) is 23.4 Å². The number of hydrogen-bond donors (Lipinski definition) is 1. The molecule has 0 aromatic carbocycles.